The van der Waals surface area contributed by atoms with Crippen molar-refractivity contribution in [3.63, 3.8) is 0 Å². The van der Waals surface area contributed by atoms with E-state index < -0.39 is 55.2 Å². The number of aliphatic hydroxyl groups is 5. The van der Waals surface area contributed by atoms with Gasteiger partial charge in [0.2, 0.25) is 0 Å². The molecule has 114 valence electrons. The number of carbonyl (C=O) groups is 1. The van der Waals surface area contributed by atoms with Gasteiger partial charge >= 0.3 is 5.97 Å². The zero-order valence-corrected chi connectivity index (χ0v) is 10.1. The number of hydrogen-bond acceptors (Lipinski definition) is 8. The van der Waals surface area contributed by atoms with Crippen molar-refractivity contribution >= 4 is 5.97 Å². The van der Waals surface area contributed by atoms with Gasteiger partial charge < -0.3 is 35.4 Å². The van der Waals surface area contributed by atoms with Crippen molar-refractivity contribution in [2.75, 3.05) is 6.61 Å². The summed E-state index contributed by atoms with van der Waals surface area (Å²) >= 11 is 0. The number of aliphatic carboxylic acids is 1. The van der Waals surface area contributed by atoms with Crippen LogP contribution in [0.15, 0.2) is 5.11 Å². The summed E-state index contributed by atoms with van der Waals surface area (Å²) in [6.45, 7) is -0.883. The number of hydrogen-bond donors (Lipinski definition) is 6. The molecular weight excluding hydrogens is 278 g/mol. The van der Waals surface area contributed by atoms with Gasteiger partial charge in [-0.1, -0.05) is 5.11 Å². The van der Waals surface area contributed by atoms with Crippen LogP contribution in [0.2, 0.25) is 0 Å². The van der Waals surface area contributed by atoms with Crippen molar-refractivity contribution in [1.29, 1.82) is 0 Å². The lowest BCUT2D eigenvalue weighted by atomic mass is 9.89. The molecule has 1 fully saturated rings. The highest BCUT2D eigenvalue weighted by Crippen LogP contribution is 2.32. The number of ether oxygens (including phenoxy) is 1. The third kappa shape index (κ3) is 3.16. The van der Waals surface area contributed by atoms with Crippen LogP contribution in [0.4, 0.5) is 0 Å². The highest BCUT2D eigenvalue weighted by Gasteiger charge is 2.53. The van der Waals surface area contributed by atoms with Crippen molar-refractivity contribution in [2.24, 2.45) is 5.11 Å². The Bertz CT molecular complexity index is 414. The van der Waals surface area contributed by atoms with E-state index >= 15 is 0 Å². The van der Waals surface area contributed by atoms with Crippen LogP contribution in [0.5, 0.6) is 0 Å². The Balaban J connectivity index is 3.10. The monoisotopic (exact) mass is 293 g/mol. The fraction of sp³-hybridized carbons (Fsp3) is 0.889. The molecule has 0 bridgehead atoms. The SMILES string of the molecule is [N-]=[N+]=N[C@H]1C(C(O)C(O)CO)O[C@](O)(C(=O)O)C[C@H]1O. The largest absolute Gasteiger partial charge is 0.477 e. The number of carboxylic acids is 1. The average Bonchev–Trinajstić information content (AvgIpc) is 2.39. The third-order valence-corrected chi connectivity index (χ3v) is 2.98. The van der Waals surface area contributed by atoms with E-state index in [1.807, 2.05) is 0 Å². The van der Waals surface area contributed by atoms with Gasteiger partial charge in [-0.3, -0.25) is 0 Å². The van der Waals surface area contributed by atoms with Gasteiger partial charge in [0.1, 0.15) is 18.3 Å². The van der Waals surface area contributed by atoms with E-state index in [2.05, 4.69) is 10.0 Å². The smallest absolute Gasteiger partial charge is 0.364 e. The summed E-state index contributed by atoms with van der Waals surface area (Å²) in [5, 5.41) is 59.3. The van der Waals surface area contributed by atoms with Crippen molar-refractivity contribution in [3.8, 4) is 0 Å². The minimum Gasteiger partial charge on any atom is -0.477 e. The van der Waals surface area contributed by atoms with Gasteiger partial charge in [-0.05, 0) is 5.53 Å². The van der Waals surface area contributed by atoms with Crippen molar-refractivity contribution < 1.29 is 40.2 Å². The Morgan fingerprint density at radius 3 is 2.60 bits per heavy atom. The Morgan fingerprint density at radius 2 is 2.15 bits per heavy atom. The van der Waals surface area contributed by atoms with E-state index in [0.29, 0.717) is 0 Å². The quantitative estimate of drug-likeness (QED) is 0.179. The Hall–Kier alpha value is -1.46. The molecular formula is C9H15N3O8. The van der Waals surface area contributed by atoms with Gasteiger partial charge in [0.15, 0.2) is 0 Å². The molecule has 3 unspecified atom stereocenters. The topological polar surface area (TPSA) is 196 Å². The molecule has 1 aliphatic rings. The number of carboxylic acid groups (broad SMARTS) is 1. The van der Waals surface area contributed by atoms with Crippen molar-refractivity contribution in [1.82, 2.24) is 0 Å². The maximum Gasteiger partial charge on any atom is 0.364 e. The lowest BCUT2D eigenvalue weighted by Gasteiger charge is -2.42. The summed E-state index contributed by atoms with van der Waals surface area (Å²) in [6.07, 6.45) is -7.73. The van der Waals surface area contributed by atoms with E-state index in [0.717, 1.165) is 0 Å². The summed E-state index contributed by atoms with van der Waals surface area (Å²) in [5.74, 6) is -4.62. The minimum absolute atomic E-state index is 0.787. The maximum absolute atomic E-state index is 10.9. The molecule has 0 amide bonds. The van der Waals surface area contributed by atoms with E-state index in [-0.39, 0.29) is 0 Å². The van der Waals surface area contributed by atoms with Gasteiger partial charge in [-0.2, -0.15) is 0 Å². The molecule has 0 aliphatic carbocycles. The van der Waals surface area contributed by atoms with Crippen LogP contribution in [0.25, 0.3) is 10.4 Å². The fourth-order valence-electron chi connectivity index (χ4n) is 1.90. The van der Waals surface area contributed by atoms with Gasteiger partial charge in [0.05, 0.1) is 18.8 Å². The zero-order chi connectivity index (χ0) is 15.5. The first-order chi connectivity index (χ1) is 9.26. The second-order valence-corrected chi connectivity index (χ2v) is 4.38. The van der Waals surface area contributed by atoms with E-state index in [1.54, 1.807) is 0 Å². The lowest BCUT2D eigenvalue weighted by molar-refractivity contribution is -0.292. The molecule has 6 N–H and O–H groups in total. The standard InChI is InChI=1S/C9H15N3O8/c10-12-11-5-3(14)1-9(19,8(17)18)20-7(5)6(16)4(15)2-13/h3-7,13-16,19H,1-2H2,(H,17,18)/t3-,4?,5-,6?,7?,9+/m1/s1. The molecule has 0 aromatic heterocycles. The van der Waals surface area contributed by atoms with Crippen LogP contribution in [0.1, 0.15) is 6.42 Å². The second kappa shape index (κ2) is 6.33. The highest BCUT2D eigenvalue weighted by molar-refractivity contribution is 5.75. The molecule has 0 radical (unpaired) electrons. The van der Waals surface area contributed by atoms with Crippen LogP contribution >= 0.6 is 0 Å². The Labute approximate surface area is 112 Å². The number of azide groups is 1. The second-order valence-electron chi connectivity index (χ2n) is 4.38. The summed E-state index contributed by atoms with van der Waals surface area (Å²) < 4.78 is 4.77. The Kier molecular flexibility index (Phi) is 5.25. The highest BCUT2D eigenvalue weighted by atomic mass is 16.7. The van der Waals surface area contributed by atoms with Crippen LogP contribution in [-0.4, -0.2) is 79.5 Å². The lowest BCUT2D eigenvalue weighted by Crippen LogP contribution is -2.62. The van der Waals surface area contributed by atoms with E-state index in [1.165, 1.54) is 0 Å². The number of rotatable bonds is 5. The molecule has 0 aromatic carbocycles. The average molecular weight is 293 g/mol. The first-order valence-electron chi connectivity index (χ1n) is 5.59. The molecule has 0 saturated carbocycles. The molecule has 1 aliphatic heterocycles. The Morgan fingerprint density at radius 1 is 1.55 bits per heavy atom. The number of nitrogens with zero attached hydrogens (tertiary/aromatic N) is 3. The summed E-state index contributed by atoms with van der Waals surface area (Å²) in [6, 6.07) is -1.43. The summed E-state index contributed by atoms with van der Waals surface area (Å²) in [5.41, 5.74) is 8.39. The summed E-state index contributed by atoms with van der Waals surface area (Å²) in [7, 11) is 0. The molecule has 11 nitrogen and oxygen atoms in total. The molecule has 0 spiro atoms. The predicted molar refractivity (Wildman–Crippen MR) is 60.1 cm³/mol. The number of aliphatic hydroxyl groups excluding tert-OH is 4. The minimum atomic E-state index is -2.80. The van der Waals surface area contributed by atoms with Crippen LogP contribution < -0.4 is 0 Å². The molecule has 6 atom stereocenters. The van der Waals surface area contributed by atoms with E-state index in [4.69, 9.17) is 20.5 Å². The van der Waals surface area contributed by atoms with Gasteiger partial charge in [0, 0.05) is 11.3 Å². The van der Waals surface area contributed by atoms with Crippen LogP contribution in [0, 0.1) is 0 Å². The zero-order valence-electron chi connectivity index (χ0n) is 10.1. The summed E-state index contributed by atoms with van der Waals surface area (Å²) in [4.78, 5) is 13.3. The van der Waals surface area contributed by atoms with Crippen LogP contribution in [-0.2, 0) is 9.53 Å². The van der Waals surface area contributed by atoms with Gasteiger partial charge in [-0.15, -0.1) is 0 Å². The third-order valence-electron chi connectivity index (χ3n) is 2.98. The van der Waals surface area contributed by atoms with E-state index in [9.17, 15) is 25.2 Å². The van der Waals surface area contributed by atoms with Crippen molar-refractivity contribution in [2.45, 2.75) is 42.7 Å². The first-order valence-corrected chi connectivity index (χ1v) is 5.59. The molecule has 0 aromatic rings. The van der Waals surface area contributed by atoms with Crippen LogP contribution in [0.3, 0.4) is 0 Å². The molecule has 11 heteroatoms. The van der Waals surface area contributed by atoms with Gasteiger partial charge in [0.25, 0.3) is 5.79 Å². The predicted octanol–water partition coefficient (Wildman–Crippen LogP) is -2.70. The molecule has 1 saturated heterocycles. The fourth-order valence-corrected chi connectivity index (χ4v) is 1.90. The molecule has 1 heterocycles. The first kappa shape index (κ1) is 16.6. The molecule has 1 rings (SSSR count). The van der Waals surface area contributed by atoms with Gasteiger partial charge in [-0.25, -0.2) is 4.79 Å². The van der Waals surface area contributed by atoms with Crippen molar-refractivity contribution in [3.05, 3.63) is 10.4 Å². The maximum atomic E-state index is 10.9. The normalized spacial score (nSPS) is 36.8. The molecule has 20 heavy (non-hydrogen) atoms.